The van der Waals surface area contributed by atoms with Crippen molar-refractivity contribution >= 4 is 46.4 Å². The quantitative estimate of drug-likeness (QED) is 0.435. The van der Waals surface area contributed by atoms with E-state index in [1.807, 2.05) is 30.3 Å². The number of hydrazine groups is 1. The minimum atomic E-state index is -0.482. The van der Waals surface area contributed by atoms with Crippen LogP contribution in [-0.2, 0) is 9.59 Å². The molecule has 1 heterocycles. The molecule has 0 bridgehead atoms. The van der Waals surface area contributed by atoms with Crippen molar-refractivity contribution in [2.24, 2.45) is 4.99 Å². The molecule has 7 nitrogen and oxygen atoms in total. The highest BCUT2D eigenvalue weighted by Crippen LogP contribution is 2.29. The molecule has 34 heavy (non-hydrogen) atoms. The number of hydrogen-bond donors (Lipinski definition) is 2. The summed E-state index contributed by atoms with van der Waals surface area (Å²) in [5, 5.41) is 0.267. The van der Waals surface area contributed by atoms with Crippen LogP contribution in [0.15, 0.2) is 95.6 Å². The number of hydrogen-bond acceptors (Lipinski definition) is 5. The lowest BCUT2D eigenvalue weighted by atomic mass is 10.2. The van der Waals surface area contributed by atoms with Crippen molar-refractivity contribution in [1.82, 2.24) is 10.9 Å². The Morgan fingerprint density at radius 1 is 0.912 bits per heavy atom. The van der Waals surface area contributed by atoms with Crippen molar-refractivity contribution < 1.29 is 18.8 Å². The maximum Gasteiger partial charge on any atom is 0.283 e. The summed E-state index contributed by atoms with van der Waals surface area (Å²) in [6.07, 6.45) is 1.65. The van der Waals surface area contributed by atoms with Crippen LogP contribution < -0.4 is 15.8 Å². The normalized spacial score (nSPS) is 14.1. The van der Waals surface area contributed by atoms with Crippen molar-refractivity contribution in [2.75, 3.05) is 10.7 Å². The van der Waals surface area contributed by atoms with E-state index >= 15 is 0 Å². The molecule has 3 amide bonds. The second-order valence-electron chi connectivity index (χ2n) is 7.11. The molecule has 1 aliphatic rings. The van der Waals surface area contributed by atoms with E-state index in [1.54, 1.807) is 36.4 Å². The Morgan fingerprint density at radius 2 is 1.56 bits per heavy atom. The zero-order chi connectivity index (χ0) is 23.9. The van der Waals surface area contributed by atoms with E-state index in [1.165, 1.54) is 29.2 Å². The van der Waals surface area contributed by atoms with Gasteiger partial charge in [0.05, 0.1) is 11.4 Å². The predicted molar refractivity (Wildman–Crippen MR) is 130 cm³/mol. The van der Waals surface area contributed by atoms with Gasteiger partial charge in [-0.1, -0.05) is 60.3 Å². The second-order valence-corrected chi connectivity index (χ2v) is 8.05. The third-order valence-electron chi connectivity index (χ3n) is 4.70. The first-order valence-electron chi connectivity index (χ1n) is 10.2. The number of amidine groups is 1. The molecule has 1 aliphatic heterocycles. The number of amides is 3. The third-order valence-corrected chi connectivity index (χ3v) is 5.64. The maximum absolute atomic E-state index is 13.4. The van der Waals surface area contributed by atoms with Gasteiger partial charge in [0, 0.05) is 5.56 Å². The first kappa shape index (κ1) is 22.9. The standard InChI is InChI=1S/C25H19FN4O3S/c26-19-11-13-20(14-12-19)30-24(33)21(15-17-7-3-1-4-8-17)27-25(30)34-16-22(31)28-29-23(32)18-9-5-2-6-10-18/h1-15H,16H2,(H,28,31)(H,29,32)/b21-15+. The first-order valence-corrected chi connectivity index (χ1v) is 11.2. The smallest absolute Gasteiger partial charge is 0.272 e. The van der Waals surface area contributed by atoms with Crippen molar-refractivity contribution in [3.05, 3.63) is 108 Å². The second kappa shape index (κ2) is 10.6. The van der Waals surface area contributed by atoms with Crippen LogP contribution in [0.2, 0.25) is 0 Å². The van der Waals surface area contributed by atoms with Gasteiger partial charge in [0.25, 0.3) is 11.8 Å². The van der Waals surface area contributed by atoms with Crippen molar-refractivity contribution in [3.63, 3.8) is 0 Å². The Balaban J connectivity index is 1.47. The fraction of sp³-hybridized carbons (Fsp3) is 0.0400. The number of benzene rings is 3. The topological polar surface area (TPSA) is 90.9 Å². The van der Waals surface area contributed by atoms with Gasteiger partial charge in [-0.25, -0.2) is 9.38 Å². The number of nitrogens with one attached hydrogen (secondary N) is 2. The van der Waals surface area contributed by atoms with Crippen LogP contribution in [0.1, 0.15) is 15.9 Å². The van der Waals surface area contributed by atoms with Gasteiger partial charge < -0.3 is 0 Å². The summed E-state index contributed by atoms with van der Waals surface area (Å²) in [4.78, 5) is 43.2. The number of carbonyl (C=O) groups excluding carboxylic acids is 3. The zero-order valence-electron chi connectivity index (χ0n) is 17.8. The number of halogens is 1. The Hall–Kier alpha value is -4.24. The lowest BCUT2D eigenvalue weighted by Crippen LogP contribution is -2.43. The maximum atomic E-state index is 13.4. The number of carbonyl (C=O) groups is 3. The van der Waals surface area contributed by atoms with Crippen LogP contribution in [0.3, 0.4) is 0 Å². The van der Waals surface area contributed by atoms with Crippen LogP contribution >= 0.6 is 11.8 Å². The summed E-state index contributed by atoms with van der Waals surface area (Å²) in [7, 11) is 0. The largest absolute Gasteiger partial charge is 0.283 e. The average Bonchev–Trinajstić information content (AvgIpc) is 3.17. The minimum absolute atomic E-state index is 0.114. The van der Waals surface area contributed by atoms with Gasteiger partial charge in [-0.2, -0.15) is 0 Å². The average molecular weight is 475 g/mol. The highest BCUT2D eigenvalue weighted by molar-refractivity contribution is 8.14. The van der Waals surface area contributed by atoms with E-state index in [4.69, 9.17) is 0 Å². The van der Waals surface area contributed by atoms with Gasteiger partial charge in [0.1, 0.15) is 11.5 Å². The Morgan fingerprint density at radius 3 is 2.24 bits per heavy atom. The molecule has 3 aromatic carbocycles. The van der Waals surface area contributed by atoms with E-state index in [0.29, 0.717) is 11.3 Å². The zero-order valence-corrected chi connectivity index (χ0v) is 18.6. The highest BCUT2D eigenvalue weighted by atomic mass is 32.2. The molecular formula is C25H19FN4O3S. The van der Waals surface area contributed by atoms with Gasteiger partial charge in [-0.3, -0.25) is 30.1 Å². The molecule has 0 spiro atoms. The van der Waals surface area contributed by atoms with Crippen LogP contribution in [0.5, 0.6) is 0 Å². The Kier molecular flexibility index (Phi) is 7.14. The summed E-state index contributed by atoms with van der Waals surface area (Å²) >= 11 is 1.02. The molecule has 0 aromatic heterocycles. The molecule has 0 unspecified atom stereocenters. The molecule has 0 saturated heterocycles. The lowest BCUT2D eigenvalue weighted by molar-refractivity contribution is -0.119. The number of thioether (sulfide) groups is 1. The molecule has 0 radical (unpaired) electrons. The summed E-state index contributed by atoms with van der Waals surface area (Å²) in [6.45, 7) is 0. The fourth-order valence-electron chi connectivity index (χ4n) is 3.07. The van der Waals surface area contributed by atoms with Crippen LogP contribution in [-0.4, -0.2) is 28.6 Å². The van der Waals surface area contributed by atoms with Crippen LogP contribution in [0.4, 0.5) is 10.1 Å². The van der Waals surface area contributed by atoms with Crippen molar-refractivity contribution in [3.8, 4) is 0 Å². The number of nitrogens with zero attached hydrogens (tertiary/aromatic N) is 2. The van der Waals surface area contributed by atoms with Crippen molar-refractivity contribution in [1.29, 1.82) is 0 Å². The molecule has 2 N–H and O–H groups in total. The lowest BCUT2D eigenvalue weighted by Gasteiger charge is -2.17. The molecular weight excluding hydrogens is 455 g/mol. The minimum Gasteiger partial charge on any atom is -0.272 e. The monoisotopic (exact) mass is 474 g/mol. The molecule has 0 saturated carbocycles. The summed E-state index contributed by atoms with van der Waals surface area (Å²) in [5.41, 5.74) is 6.50. The van der Waals surface area contributed by atoms with Gasteiger partial charge in [-0.05, 0) is 48.0 Å². The van der Waals surface area contributed by atoms with Gasteiger partial charge >= 0.3 is 0 Å². The highest BCUT2D eigenvalue weighted by Gasteiger charge is 2.32. The molecule has 0 aliphatic carbocycles. The molecule has 9 heteroatoms. The van der Waals surface area contributed by atoms with E-state index in [2.05, 4.69) is 15.8 Å². The third kappa shape index (κ3) is 5.57. The Bertz CT molecular complexity index is 1260. The fourth-order valence-corrected chi connectivity index (χ4v) is 3.89. The summed E-state index contributed by atoms with van der Waals surface area (Å²) in [6, 6.07) is 23.1. The first-order chi connectivity index (χ1) is 16.5. The van der Waals surface area contributed by atoms with E-state index in [-0.39, 0.29) is 16.6 Å². The summed E-state index contributed by atoms with van der Waals surface area (Å²) < 4.78 is 13.4. The molecule has 0 fully saturated rings. The van der Waals surface area contributed by atoms with Gasteiger partial charge in [0.15, 0.2) is 5.17 Å². The number of anilines is 1. The molecule has 3 aromatic rings. The predicted octanol–water partition coefficient (Wildman–Crippen LogP) is 3.76. The van der Waals surface area contributed by atoms with E-state index < -0.39 is 23.5 Å². The van der Waals surface area contributed by atoms with Crippen LogP contribution in [0, 0.1) is 5.82 Å². The van der Waals surface area contributed by atoms with Gasteiger partial charge in [0.2, 0.25) is 5.91 Å². The van der Waals surface area contributed by atoms with E-state index in [9.17, 15) is 18.8 Å². The molecule has 4 rings (SSSR count). The molecule has 170 valence electrons. The summed E-state index contributed by atoms with van der Waals surface area (Å²) in [5.74, 6) is -1.87. The number of aliphatic imine (C=N–C) groups is 1. The van der Waals surface area contributed by atoms with Crippen LogP contribution in [0.25, 0.3) is 6.08 Å². The SMILES string of the molecule is O=C(CSC1=N/C(=C/c2ccccc2)C(=O)N1c1ccc(F)cc1)NNC(=O)c1ccccc1. The molecule has 0 atom stereocenters. The van der Waals surface area contributed by atoms with Crippen molar-refractivity contribution in [2.45, 2.75) is 0 Å². The number of rotatable bonds is 5. The Labute approximate surface area is 199 Å². The van der Waals surface area contributed by atoms with E-state index in [0.717, 1.165) is 17.3 Å². The van der Waals surface area contributed by atoms with Gasteiger partial charge in [-0.15, -0.1) is 0 Å².